The van der Waals surface area contributed by atoms with Gasteiger partial charge >= 0.3 is 0 Å². The van der Waals surface area contributed by atoms with Crippen molar-refractivity contribution >= 4 is 33.1 Å². The van der Waals surface area contributed by atoms with E-state index in [0.29, 0.717) is 17.9 Å². The van der Waals surface area contributed by atoms with Crippen molar-refractivity contribution in [3.8, 4) is 5.75 Å². The minimum Gasteiger partial charge on any atom is -0.488 e. The number of hydrogen-bond donors (Lipinski definition) is 2. The minimum atomic E-state index is 0.0688. The van der Waals surface area contributed by atoms with Crippen LogP contribution in [0.1, 0.15) is 10.4 Å². The SMILES string of the molecule is NC(=NO)c1cccc(OCc2cc(Br)cs2)c1. The molecule has 0 fully saturated rings. The highest BCUT2D eigenvalue weighted by molar-refractivity contribution is 9.10. The van der Waals surface area contributed by atoms with E-state index in [2.05, 4.69) is 21.1 Å². The zero-order chi connectivity index (χ0) is 13.0. The van der Waals surface area contributed by atoms with Crippen molar-refractivity contribution in [1.82, 2.24) is 0 Å². The summed E-state index contributed by atoms with van der Waals surface area (Å²) in [6.07, 6.45) is 0. The van der Waals surface area contributed by atoms with Crippen LogP contribution in [0.2, 0.25) is 0 Å². The molecule has 6 heteroatoms. The molecule has 0 aliphatic rings. The van der Waals surface area contributed by atoms with E-state index in [-0.39, 0.29) is 5.84 Å². The van der Waals surface area contributed by atoms with Gasteiger partial charge in [0.15, 0.2) is 5.84 Å². The Morgan fingerprint density at radius 1 is 1.44 bits per heavy atom. The van der Waals surface area contributed by atoms with Crippen LogP contribution >= 0.6 is 27.3 Å². The lowest BCUT2D eigenvalue weighted by atomic mass is 10.2. The highest BCUT2D eigenvalue weighted by Crippen LogP contribution is 2.22. The van der Waals surface area contributed by atoms with Crippen LogP contribution in [0, 0.1) is 0 Å². The molecule has 18 heavy (non-hydrogen) atoms. The highest BCUT2D eigenvalue weighted by atomic mass is 79.9. The van der Waals surface area contributed by atoms with Crippen LogP contribution in [-0.4, -0.2) is 11.0 Å². The van der Waals surface area contributed by atoms with Crippen LogP contribution in [-0.2, 0) is 6.61 Å². The number of benzene rings is 1. The normalized spacial score (nSPS) is 11.5. The molecule has 2 aromatic rings. The van der Waals surface area contributed by atoms with E-state index >= 15 is 0 Å². The van der Waals surface area contributed by atoms with Gasteiger partial charge in [0.2, 0.25) is 0 Å². The van der Waals surface area contributed by atoms with Crippen LogP contribution in [0.3, 0.4) is 0 Å². The highest BCUT2D eigenvalue weighted by Gasteiger charge is 2.03. The first kappa shape index (κ1) is 12.9. The van der Waals surface area contributed by atoms with Crippen LogP contribution in [0.25, 0.3) is 0 Å². The first-order valence-electron chi connectivity index (χ1n) is 5.12. The molecule has 0 aliphatic carbocycles. The second-order valence-electron chi connectivity index (χ2n) is 3.53. The van der Waals surface area contributed by atoms with Gasteiger partial charge < -0.3 is 15.7 Å². The van der Waals surface area contributed by atoms with Crippen LogP contribution in [0.4, 0.5) is 0 Å². The average Bonchev–Trinajstić information content (AvgIpc) is 2.81. The Morgan fingerprint density at radius 2 is 2.28 bits per heavy atom. The topological polar surface area (TPSA) is 67.8 Å². The average molecular weight is 327 g/mol. The fourth-order valence-corrected chi connectivity index (χ4v) is 2.75. The zero-order valence-electron chi connectivity index (χ0n) is 9.34. The fourth-order valence-electron chi connectivity index (χ4n) is 1.39. The lowest BCUT2D eigenvalue weighted by Gasteiger charge is -2.06. The minimum absolute atomic E-state index is 0.0688. The predicted molar refractivity (Wildman–Crippen MR) is 75.3 cm³/mol. The Bertz CT molecular complexity index is 569. The summed E-state index contributed by atoms with van der Waals surface area (Å²) in [6.45, 7) is 0.496. The van der Waals surface area contributed by atoms with Gasteiger partial charge in [0.25, 0.3) is 0 Å². The largest absolute Gasteiger partial charge is 0.488 e. The van der Waals surface area contributed by atoms with Crippen molar-refractivity contribution in [2.45, 2.75) is 6.61 Å². The smallest absolute Gasteiger partial charge is 0.170 e. The van der Waals surface area contributed by atoms with Crippen molar-refractivity contribution < 1.29 is 9.94 Å². The Balaban J connectivity index is 2.05. The van der Waals surface area contributed by atoms with Gasteiger partial charge in [-0.1, -0.05) is 17.3 Å². The summed E-state index contributed by atoms with van der Waals surface area (Å²) in [5.41, 5.74) is 6.14. The maximum absolute atomic E-state index is 8.61. The summed E-state index contributed by atoms with van der Waals surface area (Å²) < 4.78 is 6.69. The summed E-state index contributed by atoms with van der Waals surface area (Å²) in [7, 11) is 0. The third-order valence-corrected chi connectivity index (χ3v) is 3.91. The first-order chi connectivity index (χ1) is 8.69. The van der Waals surface area contributed by atoms with Crippen molar-refractivity contribution in [2.75, 3.05) is 0 Å². The molecule has 3 N–H and O–H groups in total. The molecule has 0 spiro atoms. The maximum Gasteiger partial charge on any atom is 0.170 e. The van der Waals surface area contributed by atoms with Gasteiger partial charge in [-0.15, -0.1) is 11.3 Å². The van der Waals surface area contributed by atoms with Crippen molar-refractivity contribution in [3.63, 3.8) is 0 Å². The number of rotatable bonds is 4. The summed E-state index contributed by atoms with van der Waals surface area (Å²) >= 11 is 5.02. The number of nitrogens with zero attached hydrogens (tertiary/aromatic N) is 1. The van der Waals surface area contributed by atoms with Crippen LogP contribution in [0.5, 0.6) is 5.75 Å². The van der Waals surface area contributed by atoms with Gasteiger partial charge in [-0.3, -0.25) is 0 Å². The molecule has 0 aliphatic heterocycles. The van der Waals surface area contributed by atoms with E-state index in [9.17, 15) is 0 Å². The van der Waals surface area contributed by atoms with Gasteiger partial charge in [-0.2, -0.15) is 0 Å². The molecule has 94 valence electrons. The zero-order valence-corrected chi connectivity index (χ0v) is 11.7. The molecular weight excluding hydrogens is 316 g/mol. The van der Waals surface area contributed by atoms with Gasteiger partial charge in [0.1, 0.15) is 12.4 Å². The summed E-state index contributed by atoms with van der Waals surface area (Å²) in [5, 5.41) is 13.6. The third-order valence-electron chi connectivity index (χ3n) is 2.24. The van der Waals surface area contributed by atoms with Gasteiger partial charge in [0, 0.05) is 20.3 Å². The van der Waals surface area contributed by atoms with E-state index in [1.54, 1.807) is 29.5 Å². The van der Waals surface area contributed by atoms with E-state index in [4.69, 9.17) is 15.7 Å². The lowest BCUT2D eigenvalue weighted by molar-refractivity contribution is 0.309. The summed E-state index contributed by atoms with van der Waals surface area (Å²) in [6, 6.07) is 9.13. The number of thiophene rings is 1. The number of ether oxygens (including phenoxy) is 1. The number of nitrogens with two attached hydrogens (primary N) is 1. The number of amidine groups is 1. The maximum atomic E-state index is 8.61. The van der Waals surface area contributed by atoms with Gasteiger partial charge in [-0.05, 0) is 34.1 Å². The molecule has 0 saturated heterocycles. The van der Waals surface area contributed by atoms with Crippen molar-refractivity contribution in [3.05, 3.63) is 50.6 Å². The molecule has 1 aromatic carbocycles. The van der Waals surface area contributed by atoms with E-state index in [1.165, 1.54) is 0 Å². The van der Waals surface area contributed by atoms with E-state index < -0.39 is 0 Å². The Labute approximate surface area is 117 Å². The molecule has 1 heterocycles. The molecule has 1 aromatic heterocycles. The third kappa shape index (κ3) is 3.24. The van der Waals surface area contributed by atoms with Crippen molar-refractivity contribution in [2.24, 2.45) is 10.9 Å². The molecule has 0 radical (unpaired) electrons. The Kier molecular flexibility index (Phi) is 4.22. The molecular formula is C12H11BrN2O2S. The monoisotopic (exact) mass is 326 g/mol. The van der Waals surface area contributed by atoms with Crippen LogP contribution < -0.4 is 10.5 Å². The van der Waals surface area contributed by atoms with Gasteiger partial charge in [-0.25, -0.2) is 0 Å². The molecule has 0 atom stereocenters. The fraction of sp³-hybridized carbons (Fsp3) is 0.0833. The molecule has 2 rings (SSSR count). The van der Waals surface area contributed by atoms with E-state index in [0.717, 1.165) is 9.35 Å². The summed E-state index contributed by atoms with van der Waals surface area (Å²) in [5.74, 6) is 0.753. The molecule has 0 amide bonds. The number of hydrogen-bond acceptors (Lipinski definition) is 4. The van der Waals surface area contributed by atoms with Gasteiger partial charge in [0.05, 0.1) is 0 Å². The number of halogens is 1. The Hall–Kier alpha value is -1.53. The van der Waals surface area contributed by atoms with Crippen molar-refractivity contribution in [1.29, 1.82) is 0 Å². The second-order valence-corrected chi connectivity index (χ2v) is 5.44. The second kappa shape index (κ2) is 5.88. The summed E-state index contributed by atoms with van der Waals surface area (Å²) in [4.78, 5) is 1.12. The molecule has 0 saturated carbocycles. The molecule has 4 nitrogen and oxygen atoms in total. The molecule has 0 unspecified atom stereocenters. The quantitative estimate of drug-likeness (QED) is 0.392. The molecule has 0 bridgehead atoms. The predicted octanol–water partition coefficient (Wildman–Crippen LogP) is 3.18. The Morgan fingerprint density at radius 3 is 2.94 bits per heavy atom. The lowest BCUT2D eigenvalue weighted by Crippen LogP contribution is -2.12. The standard InChI is InChI=1S/C12H11BrN2O2S/c13-9-5-11(18-7-9)6-17-10-3-1-2-8(4-10)12(14)15-16/h1-5,7,16H,6H2,(H2,14,15). The van der Waals surface area contributed by atoms with Crippen LogP contribution in [0.15, 0.2) is 45.3 Å². The first-order valence-corrected chi connectivity index (χ1v) is 6.80. The number of oxime groups is 1. The van der Waals surface area contributed by atoms with E-state index in [1.807, 2.05) is 17.5 Å².